The number of aryl methyl sites for hydroxylation is 2. The normalized spacial score (nSPS) is 11.1. The maximum atomic E-state index is 5.05. The van der Waals surface area contributed by atoms with E-state index in [0.717, 1.165) is 16.7 Å². The van der Waals surface area contributed by atoms with Gasteiger partial charge in [-0.05, 0) is 13.8 Å². The number of nitrogens with one attached hydrogen (secondary N) is 1. The Morgan fingerprint density at radius 2 is 2.19 bits per heavy atom. The second-order valence-corrected chi connectivity index (χ2v) is 5.41. The fourth-order valence-electron chi connectivity index (χ4n) is 1.75. The van der Waals surface area contributed by atoms with E-state index in [0.29, 0.717) is 24.8 Å². The number of aliphatic imine (C=N–C) groups is 1. The zero-order chi connectivity index (χ0) is 14.5. The van der Waals surface area contributed by atoms with E-state index in [1.807, 2.05) is 18.9 Å². The lowest BCUT2D eigenvalue weighted by atomic mass is 10.4. The van der Waals surface area contributed by atoms with E-state index < -0.39 is 0 Å². The summed E-state index contributed by atoms with van der Waals surface area (Å²) in [6.07, 6.45) is 0. The van der Waals surface area contributed by atoms with E-state index >= 15 is 0 Å². The number of guanidine groups is 1. The second-order valence-electron chi connectivity index (χ2n) is 4.35. The molecular formula is C12H19IN6OS. The Morgan fingerprint density at radius 1 is 1.43 bits per heavy atom. The zero-order valence-electron chi connectivity index (χ0n) is 12.5. The molecule has 0 fully saturated rings. The molecule has 0 spiro atoms. The van der Waals surface area contributed by atoms with Crippen LogP contribution in [0.5, 0.6) is 0 Å². The monoisotopic (exact) mass is 422 g/mol. The van der Waals surface area contributed by atoms with Gasteiger partial charge in [0.1, 0.15) is 0 Å². The summed E-state index contributed by atoms with van der Waals surface area (Å²) >= 11 is 1.65. The van der Waals surface area contributed by atoms with Crippen molar-refractivity contribution in [1.29, 1.82) is 0 Å². The topological polar surface area (TPSA) is 79.4 Å². The van der Waals surface area contributed by atoms with Crippen molar-refractivity contribution in [3.8, 4) is 0 Å². The van der Waals surface area contributed by atoms with Crippen molar-refractivity contribution in [2.75, 3.05) is 14.1 Å². The van der Waals surface area contributed by atoms with Gasteiger partial charge in [0.2, 0.25) is 5.89 Å². The molecule has 2 aromatic heterocycles. The lowest BCUT2D eigenvalue weighted by Crippen LogP contribution is -2.38. The predicted molar refractivity (Wildman–Crippen MR) is 93.0 cm³/mol. The van der Waals surface area contributed by atoms with Gasteiger partial charge in [0, 0.05) is 19.5 Å². The van der Waals surface area contributed by atoms with E-state index in [2.05, 4.69) is 30.8 Å². The van der Waals surface area contributed by atoms with Crippen LogP contribution in [0.3, 0.4) is 0 Å². The molecule has 0 atom stereocenters. The molecule has 0 bridgehead atoms. The molecule has 2 aromatic rings. The van der Waals surface area contributed by atoms with Crippen LogP contribution >= 0.6 is 35.3 Å². The van der Waals surface area contributed by atoms with Gasteiger partial charge in [-0.2, -0.15) is 4.98 Å². The van der Waals surface area contributed by atoms with Crippen LogP contribution in [0, 0.1) is 13.8 Å². The molecule has 2 heterocycles. The standard InChI is InChI=1S/C12H18N6OS.HI/c1-8-15-11(19-17-8)5-14-12(13-3)18(4)6-10-7-20-9(2)16-10;/h7H,5-6H2,1-4H3,(H,13,14);1H. The summed E-state index contributed by atoms with van der Waals surface area (Å²) in [7, 11) is 3.70. The van der Waals surface area contributed by atoms with Crippen LogP contribution in [0.2, 0.25) is 0 Å². The summed E-state index contributed by atoms with van der Waals surface area (Å²) in [5.41, 5.74) is 1.03. The van der Waals surface area contributed by atoms with E-state index in [1.54, 1.807) is 25.3 Å². The molecule has 0 unspecified atom stereocenters. The maximum absolute atomic E-state index is 5.05. The van der Waals surface area contributed by atoms with Gasteiger partial charge in [0.05, 0.1) is 23.8 Å². The lowest BCUT2D eigenvalue weighted by Gasteiger charge is -2.20. The molecule has 0 aliphatic carbocycles. The smallest absolute Gasteiger partial charge is 0.246 e. The van der Waals surface area contributed by atoms with Crippen molar-refractivity contribution in [2.45, 2.75) is 26.9 Å². The highest BCUT2D eigenvalue weighted by atomic mass is 127. The summed E-state index contributed by atoms with van der Waals surface area (Å²) in [4.78, 5) is 14.8. The molecular weight excluding hydrogens is 403 g/mol. The van der Waals surface area contributed by atoms with Crippen LogP contribution in [0.25, 0.3) is 0 Å². The molecule has 0 saturated heterocycles. The molecule has 0 amide bonds. The highest BCUT2D eigenvalue weighted by Gasteiger charge is 2.10. The van der Waals surface area contributed by atoms with Crippen LogP contribution in [-0.2, 0) is 13.1 Å². The third-order valence-electron chi connectivity index (χ3n) is 2.61. The van der Waals surface area contributed by atoms with Crippen LogP contribution in [0.1, 0.15) is 22.4 Å². The Hall–Kier alpha value is -1.23. The predicted octanol–water partition coefficient (Wildman–Crippen LogP) is 1.97. The van der Waals surface area contributed by atoms with Crippen molar-refractivity contribution in [1.82, 2.24) is 25.3 Å². The fraction of sp³-hybridized carbons (Fsp3) is 0.500. The third kappa shape index (κ3) is 5.23. The van der Waals surface area contributed by atoms with Crippen molar-refractivity contribution in [3.63, 3.8) is 0 Å². The van der Waals surface area contributed by atoms with Gasteiger partial charge in [0.25, 0.3) is 0 Å². The minimum absolute atomic E-state index is 0. The molecule has 0 saturated carbocycles. The van der Waals surface area contributed by atoms with Gasteiger partial charge in [-0.15, -0.1) is 35.3 Å². The summed E-state index contributed by atoms with van der Waals surface area (Å²) in [6.45, 7) is 4.94. The third-order valence-corrected chi connectivity index (χ3v) is 3.43. The molecule has 2 rings (SSSR count). The number of hydrogen-bond donors (Lipinski definition) is 1. The molecule has 0 aliphatic rings. The summed E-state index contributed by atoms with van der Waals surface area (Å²) in [5.74, 6) is 1.93. The van der Waals surface area contributed by atoms with Crippen molar-refractivity contribution >= 4 is 41.3 Å². The van der Waals surface area contributed by atoms with E-state index in [9.17, 15) is 0 Å². The molecule has 1 N–H and O–H groups in total. The summed E-state index contributed by atoms with van der Waals surface area (Å²) < 4.78 is 5.05. The fourth-order valence-corrected chi connectivity index (χ4v) is 2.35. The zero-order valence-corrected chi connectivity index (χ0v) is 15.6. The Bertz CT molecular complexity index is 596. The van der Waals surface area contributed by atoms with E-state index in [1.165, 1.54) is 0 Å². The molecule has 9 heteroatoms. The SMILES string of the molecule is CN=C(NCc1nc(C)no1)N(C)Cc1csc(C)n1.I. The minimum Gasteiger partial charge on any atom is -0.347 e. The van der Waals surface area contributed by atoms with Gasteiger partial charge in [-0.25, -0.2) is 4.98 Å². The van der Waals surface area contributed by atoms with Crippen LogP contribution in [-0.4, -0.2) is 40.1 Å². The van der Waals surface area contributed by atoms with Crippen LogP contribution in [0.4, 0.5) is 0 Å². The highest BCUT2D eigenvalue weighted by Crippen LogP contribution is 2.09. The first kappa shape index (κ1) is 17.8. The molecule has 0 aromatic carbocycles. The molecule has 116 valence electrons. The van der Waals surface area contributed by atoms with Crippen molar-refractivity contribution in [2.24, 2.45) is 4.99 Å². The van der Waals surface area contributed by atoms with E-state index in [-0.39, 0.29) is 24.0 Å². The second kappa shape index (κ2) is 8.27. The first-order valence-corrected chi connectivity index (χ1v) is 7.08. The Labute approximate surface area is 144 Å². The summed E-state index contributed by atoms with van der Waals surface area (Å²) in [5, 5.41) is 10.1. The van der Waals surface area contributed by atoms with Crippen molar-refractivity contribution < 1.29 is 4.52 Å². The largest absolute Gasteiger partial charge is 0.347 e. The number of nitrogens with zero attached hydrogens (tertiary/aromatic N) is 5. The first-order valence-electron chi connectivity index (χ1n) is 6.20. The average molecular weight is 422 g/mol. The first-order chi connectivity index (χ1) is 9.58. The van der Waals surface area contributed by atoms with E-state index in [4.69, 9.17) is 4.52 Å². The molecule has 21 heavy (non-hydrogen) atoms. The quantitative estimate of drug-likeness (QED) is 0.461. The number of hydrogen-bond acceptors (Lipinski definition) is 6. The molecule has 7 nitrogen and oxygen atoms in total. The van der Waals surface area contributed by atoms with Gasteiger partial charge in [-0.1, -0.05) is 5.16 Å². The van der Waals surface area contributed by atoms with Gasteiger partial charge in [-0.3, -0.25) is 4.99 Å². The Balaban J connectivity index is 0.00000220. The summed E-state index contributed by atoms with van der Waals surface area (Å²) in [6, 6.07) is 0. The lowest BCUT2D eigenvalue weighted by molar-refractivity contribution is 0.367. The Kier molecular flexibility index (Phi) is 7.02. The number of halogens is 1. The van der Waals surface area contributed by atoms with Crippen molar-refractivity contribution in [3.05, 3.63) is 27.8 Å². The number of thiazole rings is 1. The highest BCUT2D eigenvalue weighted by molar-refractivity contribution is 14.0. The van der Waals surface area contributed by atoms with Gasteiger partial charge >= 0.3 is 0 Å². The number of aromatic nitrogens is 3. The maximum Gasteiger partial charge on any atom is 0.246 e. The molecule has 0 aliphatic heterocycles. The average Bonchev–Trinajstić information content (AvgIpc) is 2.99. The van der Waals surface area contributed by atoms with Crippen LogP contribution < -0.4 is 5.32 Å². The van der Waals surface area contributed by atoms with Gasteiger partial charge in [0.15, 0.2) is 11.8 Å². The Morgan fingerprint density at radius 3 is 2.71 bits per heavy atom. The number of rotatable bonds is 4. The van der Waals surface area contributed by atoms with Crippen LogP contribution in [0.15, 0.2) is 14.9 Å². The minimum atomic E-state index is 0. The molecule has 0 radical (unpaired) electrons. The van der Waals surface area contributed by atoms with Gasteiger partial charge < -0.3 is 14.7 Å².